The molecule has 148 valence electrons. The van der Waals surface area contributed by atoms with E-state index in [4.69, 9.17) is 0 Å². The largest absolute Gasteiger partial charge is 0.633 e. The van der Waals surface area contributed by atoms with Crippen LogP contribution in [-0.4, -0.2) is 52.0 Å². The number of likely N-dealkylation sites (tertiary alicyclic amines) is 1. The lowest BCUT2D eigenvalue weighted by Crippen LogP contribution is -2.73. The van der Waals surface area contributed by atoms with Crippen molar-refractivity contribution in [2.45, 2.75) is 64.2 Å². The number of aliphatic hydroxyl groups excluding tert-OH is 2. The van der Waals surface area contributed by atoms with E-state index in [-0.39, 0.29) is 39.6 Å². The minimum Gasteiger partial charge on any atom is -0.633 e. The molecule has 1 saturated heterocycles. The molecule has 5 heteroatoms. The molecule has 1 aliphatic heterocycles. The smallest absolute Gasteiger partial charge is 0.140 e. The van der Waals surface area contributed by atoms with E-state index in [1.165, 1.54) is 0 Å². The Morgan fingerprint density at radius 3 is 2.78 bits per heavy atom. The van der Waals surface area contributed by atoms with Gasteiger partial charge in [-0.25, -0.2) is 0 Å². The minimum absolute atomic E-state index is 0.0651. The molecule has 0 aromatic heterocycles. The summed E-state index contributed by atoms with van der Waals surface area (Å²) in [5.41, 5.74) is -0.303. The minimum atomic E-state index is -0.699. The Hall–Kier alpha value is -0.750. The molecule has 1 heterocycles. The van der Waals surface area contributed by atoms with Gasteiger partial charge in [0, 0.05) is 29.1 Å². The molecule has 2 N–H and O–H groups in total. The standard InChI is InChI=1S/C22H31NO4/c1-4-23(27)10-20(3)6-5-17(25)22-15(20)7-13(18(22)23)21-9-12(11(2)19(21)26)14(24)8-16(21)22/h12-13,15-19,25-26H,2,4-10H2,1,3H3/t12?,13?,15-,16-,17+,18?,19-,20+,21-,22-,23?/m1/s1. The molecule has 5 nitrogen and oxygen atoms in total. The van der Waals surface area contributed by atoms with E-state index in [0.717, 1.165) is 19.3 Å². The molecular weight excluding hydrogens is 342 g/mol. The van der Waals surface area contributed by atoms with Crippen LogP contribution in [0.1, 0.15) is 46.0 Å². The van der Waals surface area contributed by atoms with Crippen LogP contribution in [0.3, 0.4) is 0 Å². The zero-order chi connectivity index (χ0) is 19.1. The highest BCUT2D eigenvalue weighted by Crippen LogP contribution is 2.84. The van der Waals surface area contributed by atoms with Crippen LogP contribution in [0.5, 0.6) is 0 Å². The number of Topliss-reactive ketones (excluding diaryl/α,β-unsaturated/α-hetero) is 1. The number of ketones is 1. The molecule has 0 aromatic rings. The highest BCUT2D eigenvalue weighted by Gasteiger charge is 2.88. The van der Waals surface area contributed by atoms with Crippen LogP contribution in [-0.2, 0) is 4.79 Å². The second kappa shape index (κ2) is 4.53. The third-order valence-corrected chi connectivity index (χ3v) is 10.7. The number of quaternary nitrogens is 1. The number of rotatable bonds is 1. The van der Waals surface area contributed by atoms with Gasteiger partial charge in [0.2, 0.25) is 0 Å². The Morgan fingerprint density at radius 1 is 1.33 bits per heavy atom. The van der Waals surface area contributed by atoms with Gasteiger partial charge < -0.3 is 20.1 Å². The van der Waals surface area contributed by atoms with Gasteiger partial charge in [-0.05, 0) is 50.0 Å². The molecule has 7 bridgehead atoms. The van der Waals surface area contributed by atoms with Gasteiger partial charge in [-0.1, -0.05) is 13.5 Å². The summed E-state index contributed by atoms with van der Waals surface area (Å²) < 4.78 is -0.245. The lowest BCUT2D eigenvalue weighted by Gasteiger charge is -2.68. The number of hydrogen-bond acceptors (Lipinski definition) is 4. The van der Waals surface area contributed by atoms with Gasteiger partial charge >= 0.3 is 0 Å². The van der Waals surface area contributed by atoms with E-state index < -0.39 is 23.0 Å². The number of hydroxylamine groups is 3. The van der Waals surface area contributed by atoms with Crippen molar-refractivity contribution in [3.05, 3.63) is 17.4 Å². The van der Waals surface area contributed by atoms with Crippen molar-refractivity contribution in [2.24, 2.45) is 39.9 Å². The number of carbonyl (C=O) groups is 1. The Morgan fingerprint density at radius 2 is 2.07 bits per heavy atom. The lowest BCUT2D eigenvalue weighted by atomic mass is 9.43. The van der Waals surface area contributed by atoms with Crippen LogP contribution in [0.15, 0.2) is 12.2 Å². The summed E-state index contributed by atoms with van der Waals surface area (Å²) in [4.78, 5) is 13.0. The average Bonchev–Trinajstić information content (AvgIpc) is 3.17. The van der Waals surface area contributed by atoms with E-state index in [1.54, 1.807) is 0 Å². The number of fused-ring (bicyclic) bond motifs is 1. The first-order valence-electron chi connectivity index (χ1n) is 10.8. The summed E-state index contributed by atoms with van der Waals surface area (Å²) in [7, 11) is 0. The Kier molecular flexibility index (Phi) is 2.88. The van der Waals surface area contributed by atoms with Gasteiger partial charge in [0.1, 0.15) is 11.8 Å². The summed E-state index contributed by atoms with van der Waals surface area (Å²) in [5.74, 6) is 0.275. The summed E-state index contributed by atoms with van der Waals surface area (Å²) in [5, 5.41) is 37.0. The first-order chi connectivity index (χ1) is 12.7. The van der Waals surface area contributed by atoms with Crippen LogP contribution in [0.2, 0.25) is 0 Å². The monoisotopic (exact) mass is 373 g/mol. The second-order valence-electron chi connectivity index (χ2n) is 11.0. The molecule has 5 aliphatic carbocycles. The van der Waals surface area contributed by atoms with Crippen molar-refractivity contribution >= 4 is 5.78 Å². The fourth-order valence-corrected chi connectivity index (χ4v) is 10.1. The zero-order valence-corrected chi connectivity index (χ0v) is 16.4. The van der Waals surface area contributed by atoms with Gasteiger partial charge in [0.15, 0.2) is 0 Å². The molecule has 0 radical (unpaired) electrons. The topological polar surface area (TPSA) is 80.6 Å². The summed E-state index contributed by atoms with van der Waals surface area (Å²) in [6.07, 6.45) is 2.40. The molecule has 5 saturated carbocycles. The zero-order valence-electron chi connectivity index (χ0n) is 16.4. The lowest BCUT2D eigenvalue weighted by molar-refractivity contribution is -0.927. The quantitative estimate of drug-likeness (QED) is 0.419. The van der Waals surface area contributed by atoms with Crippen molar-refractivity contribution in [3.8, 4) is 0 Å². The maximum atomic E-state index is 14.2. The summed E-state index contributed by atoms with van der Waals surface area (Å²) in [6, 6.07) is -0.173. The van der Waals surface area contributed by atoms with Crippen LogP contribution in [0.4, 0.5) is 0 Å². The van der Waals surface area contributed by atoms with Crippen molar-refractivity contribution in [3.63, 3.8) is 0 Å². The maximum absolute atomic E-state index is 14.2. The molecule has 11 atom stereocenters. The number of aliphatic hydroxyl groups is 2. The Bertz CT molecular complexity index is 782. The van der Waals surface area contributed by atoms with Crippen LogP contribution in [0, 0.1) is 45.1 Å². The fourth-order valence-electron chi connectivity index (χ4n) is 10.1. The molecular formula is C22H31NO4. The van der Waals surface area contributed by atoms with Gasteiger partial charge in [0.05, 0.1) is 30.7 Å². The average molecular weight is 373 g/mol. The fraction of sp³-hybridized carbons (Fsp3) is 0.864. The number of piperidine rings is 1. The molecule has 4 unspecified atom stereocenters. The molecule has 2 spiro atoms. The van der Waals surface area contributed by atoms with Crippen LogP contribution in [0.25, 0.3) is 0 Å². The molecule has 27 heavy (non-hydrogen) atoms. The Labute approximate surface area is 160 Å². The number of carbonyl (C=O) groups excluding carboxylic acids is 1. The first kappa shape index (κ1) is 17.1. The first-order valence-corrected chi connectivity index (χ1v) is 10.8. The predicted molar refractivity (Wildman–Crippen MR) is 99.0 cm³/mol. The van der Waals surface area contributed by atoms with Crippen molar-refractivity contribution < 1.29 is 19.7 Å². The van der Waals surface area contributed by atoms with E-state index in [1.807, 2.05) is 6.92 Å². The van der Waals surface area contributed by atoms with Gasteiger partial charge in [0.25, 0.3) is 0 Å². The third-order valence-electron chi connectivity index (χ3n) is 10.7. The molecule has 0 amide bonds. The highest BCUT2D eigenvalue weighted by molar-refractivity contribution is 5.87. The molecule has 6 fully saturated rings. The highest BCUT2D eigenvalue weighted by atomic mass is 16.5. The SMILES string of the molecule is C=C1C2C[C@]3(C4C[C@@H]5[C@@]6(C)CC[C@H](O)[C@]5(C4[N+]([O-])(CC)C6)[C@@H]3CC2=O)[C@@H]1O. The number of nitrogens with zero attached hydrogens (tertiary/aromatic N) is 1. The van der Waals surface area contributed by atoms with E-state index in [0.29, 0.717) is 37.4 Å². The van der Waals surface area contributed by atoms with E-state index >= 15 is 0 Å². The van der Waals surface area contributed by atoms with Crippen molar-refractivity contribution in [2.75, 3.05) is 13.1 Å². The van der Waals surface area contributed by atoms with Gasteiger partial charge in [-0.2, -0.15) is 0 Å². The Balaban J connectivity index is 1.64. The second-order valence-corrected chi connectivity index (χ2v) is 11.0. The van der Waals surface area contributed by atoms with Crippen molar-refractivity contribution in [1.29, 1.82) is 0 Å². The maximum Gasteiger partial charge on any atom is 0.140 e. The molecule has 0 aromatic carbocycles. The van der Waals surface area contributed by atoms with Crippen LogP contribution < -0.4 is 0 Å². The van der Waals surface area contributed by atoms with Crippen LogP contribution >= 0.6 is 0 Å². The van der Waals surface area contributed by atoms with Crippen molar-refractivity contribution in [1.82, 2.24) is 0 Å². The van der Waals surface area contributed by atoms with E-state index in [2.05, 4.69) is 13.5 Å². The van der Waals surface area contributed by atoms with E-state index in [9.17, 15) is 20.2 Å². The summed E-state index contributed by atoms with van der Waals surface area (Å²) in [6.45, 7) is 9.47. The predicted octanol–water partition coefficient (Wildman–Crippen LogP) is 2.01. The number of hydrogen-bond donors (Lipinski definition) is 2. The normalized spacial score (nSPS) is 65.6. The van der Waals surface area contributed by atoms with Gasteiger partial charge in [-0.3, -0.25) is 4.79 Å². The summed E-state index contributed by atoms with van der Waals surface area (Å²) >= 11 is 0. The molecule has 6 rings (SSSR count). The molecule has 6 aliphatic rings. The third kappa shape index (κ3) is 1.44. The van der Waals surface area contributed by atoms with Gasteiger partial charge in [-0.15, -0.1) is 0 Å².